The van der Waals surface area contributed by atoms with Gasteiger partial charge in [-0.3, -0.25) is 4.79 Å². The number of amidine groups is 1. The lowest BCUT2D eigenvalue weighted by molar-refractivity contribution is 0.0996. The lowest BCUT2D eigenvalue weighted by atomic mass is 9.99. The van der Waals surface area contributed by atoms with Crippen molar-refractivity contribution in [2.75, 3.05) is 0 Å². The fourth-order valence-electron chi connectivity index (χ4n) is 3.28. The Bertz CT molecular complexity index is 954. The number of aryl methyl sites for hydroxylation is 1. The maximum Gasteiger partial charge on any atom is 0.164 e. The Morgan fingerprint density at radius 1 is 1.17 bits per heavy atom. The molecule has 3 aromatic rings. The van der Waals surface area contributed by atoms with E-state index < -0.39 is 0 Å². The third-order valence-corrected chi connectivity index (χ3v) is 5.43. The van der Waals surface area contributed by atoms with Gasteiger partial charge in [0.25, 0.3) is 0 Å². The number of ketones is 1. The molecule has 3 nitrogen and oxygen atoms in total. The number of rotatable bonds is 2. The largest absolute Gasteiger partial charge is 0.383 e. The van der Waals surface area contributed by atoms with Crippen molar-refractivity contribution < 1.29 is 4.79 Å². The third kappa shape index (κ3) is 2.18. The maximum absolute atomic E-state index is 12.3. The first-order valence-corrected chi connectivity index (χ1v) is 8.50. The topological polar surface area (TPSA) is 55.4 Å². The van der Waals surface area contributed by atoms with Gasteiger partial charge in [-0.15, -0.1) is 11.3 Å². The van der Waals surface area contributed by atoms with E-state index in [1.165, 1.54) is 0 Å². The molecule has 0 aliphatic heterocycles. The average molecular weight is 320 g/mol. The highest BCUT2D eigenvalue weighted by Gasteiger charge is 2.27. The van der Waals surface area contributed by atoms with Crippen molar-refractivity contribution in [2.24, 2.45) is 10.7 Å². The average Bonchev–Trinajstić information content (AvgIpc) is 3.19. The molecule has 114 valence electrons. The summed E-state index contributed by atoms with van der Waals surface area (Å²) in [7, 11) is 0. The molecule has 1 heterocycles. The second-order valence-corrected chi connectivity index (χ2v) is 6.69. The summed E-state index contributed by atoms with van der Waals surface area (Å²) in [6, 6.07) is 11.8. The number of benzene rings is 2. The van der Waals surface area contributed by atoms with Crippen molar-refractivity contribution in [3.63, 3.8) is 0 Å². The minimum Gasteiger partial charge on any atom is -0.383 e. The van der Waals surface area contributed by atoms with Gasteiger partial charge < -0.3 is 5.73 Å². The summed E-state index contributed by atoms with van der Waals surface area (Å²) in [5.41, 5.74) is 11.0. The quantitative estimate of drug-likeness (QED) is 0.563. The van der Waals surface area contributed by atoms with Crippen LogP contribution in [-0.2, 0) is 6.42 Å². The van der Waals surface area contributed by atoms with Gasteiger partial charge >= 0.3 is 0 Å². The summed E-state index contributed by atoms with van der Waals surface area (Å²) in [5, 5.41) is 3.11. The molecule has 0 unspecified atom stereocenters. The van der Waals surface area contributed by atoms with E-state index in [9.17, 15) is 4.79 Å². The van der Waals surface area contributed by atoms with Crippen LogP contribution in [0.4, 0.5) is 5.69 Å². The Morgan fingerprint density at radius 2 is 1.96 bits per heavy atom. The van der Waals surface area contributed by atoms with Crippen LogP contribution in [-0.4, -0.2) is 11.6 Å². The van der Waals surface area contributed by atoms with E-state index in [0.717, 1.165) is 44.4 Å². The van der Waals surface area contributed by atoms with Gasteiger partial charge in [0.1, 0.15) is 5.84 Å². The van der Waals surface area contributed by atoms with Crippen molar-refractivity contribution in [3.8, 4) is 0 Å². The number of carbonyl (C=O) groups is 1. The number of hydrogen-bond acceptors (Lipinski definition) is 3. The minimum atomic E-state index is 0.220. The molecule has 1 aliphatic rings. The second-order valence-electron chi connectivity index (χ2n) is 5.78. The van der Waals surface area contributed by atoms with Gasteiger partial charge in [-0.2, -0.15) is 0 Å². The molecule has 0 saturated carbocycles. The van der Waals surface area contributed by atoms with Gasteiger partial charge in [0.05, 0.1) is 5.69 Å². The van der Waals surface area contributed by atoms with Crippen LogP contribution in [0.2, 0.25) is 0 Å². The predicted octanol–water partition coefficient (Wildman–Crippen LogP) is 4.38. The Morgan fingerprint density at radius 3 is 2.74 bits per heavy atom. The summed E-state index contributed by atoms with van der Waals surface area (Å²) in [6.45, 7) is 2.07. The summed E-state index contributed by atoms with van der Waals surface area (Å²) < 4.78 is 1.14. The first-order chi connectivity index (χ1) is 11.2. The van der Waals surface area contributed by atoms with Crippen LogP contribution >= 0.6 is 11.3 Å². The first-order valence-electron chi connectivity index (χ1n) is 7.62. The molecule has 2 aromatic carbocycles. The summed E-state index contributed by atoms with van der Waals surface area (Å²) in [5.74, 6) is 0.712. The molecule has 23 heavy (non-hydrogen) atoms. The Hall–Kier alpha value is -2.46. The number of carbonyl (C=O) groups excluding carboxylic acids is 1. The van der Waals surface area contributed by atoms with Gasteiger partial charge in [0, 0.05) is 27.6 Å². The van der Waals surface area contributed by atoms with Crippen LogP contribution in [0.3, 0.4) is 0 Å². The lowest BCUT2D eigenvalue weighted by Gasteiger charge is -2.11. The number of aliphatic imine (C=N–C) groups is 1. The summed E-state index contributed by atoms with van der Waals surface area (Å²) in [4.78, 5) is 17.0. The van der Waals surface area contributed by atoms with Crippen LogP contribution in [0.15, 0.2) is 46.8 Å². The van der Waals surface area contributed by atoms with Gasteiger partial charge in [-0.05, 0) is 35.9 Å². The fourth-order valence-corrected chi connectivity index (χ4v) is 4.19. The zero-order chi connectivity index (χ0) is 16.0. The molecule has 1 aromatic heterocycles. The molecule has 0 fully saturated rings. The monoisotopic (exact) mass is 320 g/mol. The second kappa shape index (κ2) is 5.32. The van der Waals surface area contributed by atoms with Gasteiger partial charge in [-0.1, -0.05) is 30.3 Å². The highest BCUT2D eigenvalue weighted by Crippen LogP contribution is 2.42. The van der Waals surface area contributed by atoms with Crippen molar-refractivity contribution in [1.82, 2.24) is 0 Å². The van der Waals surface area contributed by atoms with Crippen LogP contribution in [0, 0.1) is 6.92 Å². The Labute approximate surface area is 138 Å². The van der Waals surface area contributed by atoms with Gasteiger partial charge in [0.15, 0.2) is 5.78 Å². The summed E-state index contributed by atoms with van der Waals surface area (Å²) >= 11 is 1.66. The first kappa shape index (κ1) is 14.2. The SMILES string of the molecule is Cc1c(N=C(N)c2ccccc2)c2c(c3ccsc13)C(=O)CC2. The van der Waals surface area contributed by atoms with Crippen LogP contribution in [0.1, 0.15) is 33.5 Å². The van der Waals surface area contributed by atoms with E-state index in [0.29, 0.717) is 12.3 Å². The number of hydrogen-bond donors (Lipinski definition) is 1. The van der Waals surface area contributed by atoms with Crippen LogP contribution in [0.5, 0.6) is 0 Å². The van der Waals surface area contributed by atoms with E-state index in [2.05, 4.69) is 6.92 Å². The molecule has 0 radical (unpaired) electrons. The third-order valence-electron chi connectivity index (χ3n) is 4.40. The molecule has 0 saturated heterocycles. The molecule has 0 atom stereocenters. The zero-order valence-corrected chi connectivity index (χ0v) is 13.6. The maximum atomic E-state index is 12.3. The van der Waals surface area contributed by atoms with E-state index in [1.54, 1.807) is 11.3 Å². The molecule has 4 rings (SSSR count). The van der Waals surface area contributed by atoms with E-state index in [4.69, 9.17) is 10.7 Å². The fraction of sp³-hybridized carbons (Fsp3) is 0.158. The number of nitrogens with zero attached hydrogens (tertiary/aromatic N) is 1. The molecular weight excluding hydrogens is 304 g/mol. The lowest BCUT2D eigenvalue weighted by Crippen LogP contribution is -2.12. The number of nitrogens with two attached hydrogens (primary N) is 1. The highest BCUT2D eigenvalue weighted by molar-refractivity contribution is 7.17. The minimum absolute atomic E-state index is 0.220. The molecular formula is C19H16N2OS. The van der Waals surface area contributed by atoms with Gasteiger partial charge in [-0.25, -0.2) is 4.99 Å². The number of fused-ring (bicyclic) bond motifs is 3. The smallest absolute Gasteiger partial charge is 0.164 e. The summed E-state index contributed by atoms with van der Waals surface area (Å²) in [6.07, 6.45) is 1.32. The molecule has 0 bridgehead atoms. The van der Waals surface area contributed by atoms with E-state index in [1.807, 2.05) is 41.8 Å². The normalized spacial score (nSPS) is 14.5. The van der Waals surface area contributed by atoms with Gasteiger partial charge in [0.2, 0.25) is 0 Å². The Kier molecular flexibility index (Phi) is 3.27. The van der Waals surface area contributed by atoms with Crippen molar-refractivity contribution in [1.29, 1.82) is 0 Å². The van der Waals surface area contributed by atoms with E-state index >= 15 is 0 Å². The Balaban J connectivity index is 1.98. The number of thiophene rings is 1. The van der Waals surface area contributed by atoms with Crippen LogP contribution in [0.25, 0.3) is 10.1 Å². The molecule has 0 amide bonds. The molecule has 4 heteroatoms. The zero-order valence-electron chi connectivity index (χ0n) is 12.8. The number of Topliss-reactive ketones (excluding diaryl/α,β-unsaturated/α-hetero) is 1. The van der Waals surface area contributed by atoms with E-state index in [-0.39, 0.29) is 5.78 Å². The van der Waals surface area contributed by atoms with Crippen molar-refractivity contribution in [3.05, 3.63) is 64.0 Å². The van der Waals surface area contributed by atoms with Crippen LogP contribution < -0.4 is 5.73 Å². The molecule has 2 N–H and O–H groups in total. The molecule has 0 spiro atoms. The van der Waals surface area contributed by atoms with Crippen molar-refractivity contribution >= 4 is 38.7 Å². The van der Waals surface area contributed by atoms with Crippen molar-refractivity contribution in [2.45, 2.75) is 19.8 Å². The molecule has 1 aliphatic carbocycles. The standard InChI is InChI=1S/C19H16N2OS/c1-11-17(21-19(20)12-5-3-2-4-6-12)13-7-8-15(22)16(13)14-9-10-23-18(11)14/h2-6,9-10H,7-8H2,1H3,(H2,20,21). The predicted molar refractivity (Wildman–Crippen MR) is 96.0 cm³/mol. The highest BCUT2D eigenvalue weighted by atomic mass is 32.1.